The van der Waals surface area contributed by atoms with Gasteiger partial charge in [-0.1, -0.05) is 132 Å². The van der Waals surface area contributed by atoms with Crippen molar-refractivity contribution in [2.75, 3.05) is 54.1 Å². The number of hydrogen-bond acceptors (Lipinski definition) is 6. The summed E-state index contributed by atoms with van der Waals surface area (Å²) < 4.78 is 34.9. The Bertz CT molecular complexity index is 1020. The topological polar surface area (TPSA) is 91.3 Å². The van der Waals surface area contributed by atoms with E-state index in [9.17, 15) is 14.3 Å². The Morgan fingerprint density at radius 3 is 1.67 bits per heavy atom. The highest BCUT2D eigenvalue weighted by Gasteiger charge is 2.26. The van der Waals surface area contributed by atoms with Crippen molar-refractivity contribution < 1.29 is 37.3 Å². The van der Waals surface area contributed by atoms with Gasteiger partial charge in [0.15, 0.2) is 0 Å². The van der Waals surface area contributed by atoms with E-state index in [0.717, 1.165) is 83.5 Å². The summed E-state index contributed by atoms with van der Waals surface area (Å²) in [5.74, 6) is -0.338. The van der Waals surface area contributed by atoms with Gasteiger partial charge in [0.05, 0.1) is 34.4 Å². The van der Waals surface area contributed by atoms with Crippen LogP contribution >= 0.6 is 7.82 Å². The Morgan fingerprint density at radius 2 is 1.12 bits per heavy atom. The normalized spacial score (nSPS) is 14.5. The van der Waals surface area contributed by atoms with Gasteiger partial charge in [0.25, 0.3) is 0 Å². The van der Waals surface area contributed by atoms with Crippen LogP contribution in [0.3, 0.4) is 0 Å². The highest BCUT2D eigenvalue weighted by molar-refractivity contribution is 7.47. The van der Waals surface area contributed by atoms with E-state index < -0.39 is 13.9 Å². The zero-order valence-corrected chi connectivity index (χ0v) is 34.9. The molecule has 8 nitrogen and oxygen atoms in total. The fourth-order valence-corrected chi connectivity index (χ4v) is 5.85. The summed E-state index contributed by atoms with van der Waals surface area (Å²) in [6.07, 6.45) is 43.9. The van der Waals surface area contributed by atoms with Gasteiger partial charge in [0.1, 0.15) is 19.3 Å². The van der Waals surface area contributed by atoms with Crippen LogP contribution in [0.1, 0.15) is 149 Å². The highest BCUT2D eigenvalue weighted by Crippen LogP contribution is 2.43. The SMILES string of the molecule is CC/C=C\C/C=C\C/C=C\CCCCCCCC(=O)OC(COCCCCCCCC/C=C\C/C=C\CCCC)COP(=O)(O)OCC[N+](C)(C)C. The monoisotopic (exact) mass is 753 g/mol. The molecule has 0 heterocycles. The molecule has 0 radical (unpaired) electrons. The van der Waals surface area contributed by atoms with E-state index in [1.807, 2.05) is 21.1 Å². The number of nitrogens with zero attached hydrogens (tertiary/aromatic N) is 1. The minimum atomic E-state index is -4.28. The first kappa shape index (κ1) is 50.2. The van der Waals surface area contributed by atoms with E-state index in [1.165, 1.54) is 44.9 Å². The van der Waals surface area contributed by atoms with Crippen LogP contribution in [-0.2, 0) is 27.9 Å². The minimum Gasteiger partial charge on any atom is -0.457 e. The molecule has 0 spiro atoms. The zero-order valence-electron chi connectivity index (χ0n) is 34.0. The molecule has 0 rings (SSSR count). The Hall–Kier alpha value is -1.80. The molecule has 0 aromatic rings. The largest absolute Gasteiger partial charge is 0.472 e. The van der Waals surface area contributed by atoms with E-state index in [-0.39, 0.29) is 25.8 Å². The summed E-state index contributed by atoms with van der Waals surface area (Å²) in [5, 5.41) is 0. The number of quaternary nitrogens is 1. The molecule has 0 aliphatic rings. The summed E-state index contributed by atoms with van der Waals surface area (Å²) in [6.45, 7) is 5.40. The van der Waals surface area contributed by atoms with Crippen molar-refractivity contribution in [2.24, 2.45) is 0 Å². The second kappa shape index (κ2) is 36.2. The maximum absolute atomic E-state index is 12.7. The van der Waals surface area contributed by atoms with Gasteiger partial charge < -0.3 is 18.9 Å². The van der Waals surface area contributed by atoms with Crippen molar-refractivity contribution in [3.63, 3.8) is 0 Å². The highest BCUT2D eigenvalue weighted by atomic mass is 31.2. The number of unbranched alkanes of at least 4 members (excludes halogenated alkanes) is 13. The molecule has 52 heavy (non-hydrogen) atoms. The van der Waals surface area contributed by atoms with E-state index in [2.05, 4.69) is 74.6 Å². The molecular weight excluding hydrogens is 673 g/mol. The molecule has 0 saturated carbocycles. The number of hydrogen-bond donors (Lipinski definition) is 1. The van der Waals surface area contributed by atoms with Crippen molar-refractivity contribution >= 4 is 13.8 Å². The maximum Gasteiger partial charge on any atom is 0.472 e. The molecular formula is C43H79NO7P+. The lowest BCUT2D eigenvalue weighted by atomic mass is 10.1. The molecule has 0 saturated heterocycles. The third kappa shape index (κ3) is 39.4. The minimum absolute atomic E-state index is 0.0799. The average Bonchev–Trinajstić information content (AvgIpc) is 3.09. The van der Waals surface area contributed by atoms with Crippen LogP contribution in [0.2, 0.25) is 0 Å². The van der Waals surface area contributed by atoms with Crippen LogP contribution in [0.4, 0.5) is 0 Å². The lowest BCUT2D eigenvalue weighted by Gasteiger charge is -2.24. The smallest absolute Gasteiger partial charge is 0.457 e. The van der Waals surface area contributed by atoms with E-state index in [0.29, 0.717) is 24.1 Å². The van der Waals surface area contributed by atoms with Gasteiger partial charge in [-0.15, -0.1) is 0 Å². The molecule has 302 valence electrons. The van der Waals surface area contributed by atoms with Crippen LogP contribution in [-0.4, -0.2) is 75.6 Å². The number of likely N-dealkylation sites (N-methyl/N-ethyl adjacent to an activating group) is 1. The summed E-state index contributed by atoms with van der Waals surface area (Å²) in [7, 11) is 1.64. The van der Waals surface area contributed by atoms with Crippen LogP contribution in [0.15, 0.2) is 60.8 Å². The molecule has 0 bridgehead atoms. The third-order valence-corrected chi connectivity index (χ3v) is 9.30. The van der Waals surface area contributed by atoms with Crippen LogP contribution in [0, 0.1) is 0 Å². The summed E-state index contributed by atoms with van der Waals surface area (Å²) in [6, 6.07) is 0. The second-order valence-corrected chi connectivity index (χ2v) is 16.1. The first-order chi connectivity index (χ1) is 25.1. The number of carbonyl (C=O) groups is 1. The Balaban J connectivity index is 4.33. The fourth-order valence-electron chi connectivity index (χ4n) is 5.11. The number of phosphoric acid groups is 1. The predicted molar refractivity (Wildman–Crippen MR) is 219 cm³/mol. The summed E-state index contributed by atoms with van der Waals surface area (Å²) >= 11 is 0. The third-order valence-electron chi connectivity index (χ3n) is 8.31. The quantitative estimate of drug-likeness (QED) is 0.0222. The molecule has 2 atom stereocenters. The fraction of sp³-hybridized carbons (Fsp3) is 0.744. The van der Waals surface area contributed by atoms with Gasteiger partial charge >= 0.3 is 13.8 Å². The van der Waals surface area contributed by atoms with Crippen molar-refractivity contribution in [3.05, 3.63) is 60.8 Å². The summed E-state index contributed by atoms with van der Waals surface area (Å²) in [4.78, 5) is 22.8. The van der Waals surface area contributed by atoms with Crippen molar-refractivity contribution in [3.8, 4) is 0 Å². The number of allylic oxidation sites excluding steroid dienone is 10. The number of ether oxygens (including phenoxy) is 2. The van der Waals surface area contributed by atoms with Crippen LogP contribution in [0.5, 0.6) is 0 Å². The van der Waals surface area contributed by atoms with E-state index >= 15 is 0 Å². The second-order valence-electron chi connectivity index (χ2n) is 14.6. The van der Waals surface area contributed by atoms with Crippen molar-refractivity contribution in [1.29, 1.82) is 0 Å². The molecule has 0 aliphatic heterocycles. The van der Waals surface area contributed by atoms with Crippen LogP contribution < -0.4 is 0 Å². The van der Waals surface area contributed by atoms with Gasteiger partial charge in [0.2, 0.25) is 0 Å². The Labute approximate surface area is 320 Å². The average molecular weight is 753 g/mol. The molecule has 0 aliphatic carbocycles. The van der Waals surface area contributed by atoms with Gasteiger partial charge in [-0.3, -0.25) is 13.8 Å². The molecule has 2 unspecified atom stereocenters. The predicted octanol–water partition coefficient (Wildman–Crippen LogP) is 11.8. The van der Waals surface area contributed by atoms with Gasteiger partial charge in [-0.05, 0) is 70.6 Å². The molecule has 0 aromatic heterocycles. The number of carbonyl (C=O) groups excluding carboxylic acids is 1. The van der Waals surface area contributed by atoms with Crippen LogP contribution in [0.25, 0.3) is 0 Å². The number of phosphoric ester groups is 1. The Morgan fingerprint density at radius 1 is 0.615 bits per heavy atom. The van der Waals surface area contributed by atoms with E-state index in [1.54, 1.807) is 0 Å². The zero-order chi connectivity index (χ0) is 38.4. The standard InChI is InChI=1S/C43H78NO7P/c1-6-8-10-12-14-16-18-20-22-24-26-28-30-32-34-36-43(45)51-42(41-50-52(46,47)49-39-37-44(3,4)5)40-48-38-35-33-31-29-27-25-23-21-19-17-15-13-11-9-7-2/h8,10,13-16,19-22,42H,6-7,9,11-12,17-18,23-41H2,1-5H3/p+1/b10-8-,15-13-,16-14-,21-19-,22-20-. The van der Waals surface area contributed by atoms with Crippen molar-refractivity contribution in [1.82, 2.24) is 0 Å². The number of esters is 1. The lowest BCUT2D eigenvalue weighted by molar-refractivity contribution is -0.870. The maximum atomic E-state index is 12.7. The van der Waals surface area contributed by atoms with Crippen molar-refractivity contribution in [2.45, 2.75) is 155 Å². The molecule has 1 N–H and O–H groups in total. The first-order valence-electron chi connectivity index (χ1n) is 20.5. The van der Waals surface area contributed by atoms with Gasteiger partial charge in [-0.2, -0.15) is 0 Å². The molecule has 9 heteroatoms. The molecule has 0 fully saturated rings. The van der Waals surface area contributed by atoms with Gasteiger partial charge in [0, 0.05) is 13.0 Å². The molecule has 0 amide bonds. The number of rotatable bonds is 37. The Kier molecular flexibility index (Phi) is 34.9. The molecule has 0 aromatic carbocycles. The van der Waals surface area contributed by atoms with E-state index in [4.69, 9.17) is 18.5 Å². The first-order valence-corrected chi connectivity index (χ1v) is 22.0. The lowest BCUT2D eigenvalue weighted by Crippen LogP contribution is -2.37. The summed E-state index contributed by atoms with van der Waals surface area (Å²) in [5.41, 5.74) is 0. The van der Waals surface area contributed by atoms with Gasteiger partial charge in [-0.25, -0.2) is 4.57 Å².